The van der Waals surface area contributed by atoms with E-state index in [2.05, 4.69) is 23.7 Å². The number of fused-ring (bicyclic) bond motifs is 1. The van der Waals surface area contributed by atoms with Gasteiger partial charge in [-0.2, -0.15) is 5.26 Å². The summed E-state index contributed by atoms with van der Waals surface area (Å²) < 4.78 is 2.17. The first-order chi connectivity index (χ1) is 13.0. The minimum Gasteiger partial charge on any atom is -0.508 e. The third-order valence-corrected chi connectivity index (χ3v) is 4.63. The summed E-state index contributed by atoms with van der Waals surface area (Å²) in [6, 6.07) is 16.4. The first kappa shape index (κ1) is 18.3. The average Bonchev–Trinajstić information content (AvgIpc) is 3.05. The van der Waals surface area contributed by atoms with Crippen molar-refractivity contribution >= 4 is 28.6 Å². The molecular formula is C22H21N3O2. The van der Waals surface area contributed by atoms with E-state index in [4.69, 9.17) is 0 Å². The zero-order valence-corrected chi connectivity index (χ0v) is 15.3. The van der Waals surface area contributed by atoms with Gasteiger partial charge in [0.05, 0.1) is 0 Å². The summed E-state index contributed by atoms with van der Waals surface area (Å²) >= 11 is 0. The molecule has 136 valence electrons. The van der Waals surface area contributed by atoms with Crippen molar-refractivity contribution in [2.24, 2.45) is 0 Å². The monoisotopic (exact) mass is 359 g/mol. The third-order valence-electron chi connectivity index (χ3n) is 4.63. The van der Waals surface area contributed by atoms with Crippen LogP contribution in [0.4, 0.5) is 5.69 Å². The molecule has 27 heavy (non-hydrogen) atoms. The number of aromatic nitrogens is 1. The Morgan fingerprint density at radius 1 is 1.26 bits per heavy atom. The summed E-state index contributed by atoms with van der Waals surface area (Å²) in [4.78, 5) is 12.5. The summed E-state index contributed by atoms with van der Waals surface area (Å²) in [5, 5.41) is 22.5. The van der Waals surface area contributed by atoms with E-state index in [9.17, 15) is 15.2 Å². The molecule has 0 bridgehead atoms. The molecule has 0 radical (unpaired) electrons. The van der Waals surface area contributed by atoms with Gasteiger partial charge in [-0.3, -0.25) is 4.79 Å². The van der Waals surface area contributed by atoms with Crippen LogP contribution in [-0.4, -0.2) is 15.6 Å². The molecule has 3 rings (SSSR count). The molecule has 2 N–H and O–H groups in total. The quantitative estimate of drug-likeness (QED) is 0.388. The van der Waals surface area contributed by atoms with E-state index in [-0.39, 0.29) is 11.3 Å². The minimum absolute atomic E-state index is 0.0233. The second kappa shape index (κ2) is 7.79. The lowest BCUT2D eigenvalue weighted by Gasteiger charge is -2.12. The molecule has 0 spiro atoms. The molecule has 1 heterocycles. The number of phenols is 1. The Hall–Kier alpha value is -3.52. The Labute approximate surface area is 158 Å². The molecule has 1 atom stereocenters. The number of phenolic OH excluding ortho intramolecular Hbond substituents is 1. The van der Waals surface area contributed by atoms with Gasteiger partial charge < -0.3 is 15.0 Å². The number of nitrogens with zero attached hydrogens (tertiary/aromatic N) is 2. The smallest absolute Gasteiger partial charge is 0.266 e. The van der Waals surface area contributed by atoms with Crippen molar-refractivity contribution in [3.8, 4) is 11.8 Å². The highest BCUT2D eigenvalue weighted by molar-refractivity contribution is 6.10. The minimum atomic E-state index is -0.483. The number of anilines is 1. The van der Waals surface area contributed by atoms with Gasteiger partial charge >= 0.3 is 0 Å². The van der Waals surface area contributed by atoms with E-state index in [0.717, 1.165) is 22.9 Å². The Bertz CT molecular complexity index is 1040. The van der Waals surface area contributed by atoms with Crippen molar-refractivity contribution in [1.82, 2.24) is 4.57 Å². The molecule has 0 aliphatic heterocycles. The Morgan fingerprint density at radius 3 is 2.63 bits per heavy atom. The molecule has 0 saturated carbocycles. The van der Waals surface area contributed by atoms with Gasteiger partial charge in [-0.1, -0.05) is 25.1 Å². The van der Waals surface area contributed by atoms with Gasteiger partial charge in [-0.25, -0.2) is 0 Å². The van der Waals surface area contributed by atoms with Crippen molar-refractivity contribution in [3.63, 3.8) is 0 Å². The molecule has 1 aromatic heterocycles. The molecular weight excluding hydrogens is 338 g/mol. The van der Waals surface area contributed by atoms with E-state index in [1.807, 2.05) is 36.5 Å². The summed E-state index contributed by atoms with van der Waals surface area (Å²) in [7, 11) is 0. The van der Waals surface area contributed by atoms with Crippen LogP contribution in [-0.2, 0) is 4.79 Å². The van der Waals surface area contributed by atoms with Crippen LogP contribution in [0.1, 0.15) is 31.9 Å². The van der Waals surface area contributed by atoms with Gasteiger partial charge in [0.2, 0.25) is 0 Å². The van der Waals surface area contributed by atoms with E-state index in [1.54, 1.807) is 18.2 Å². The lowest BCUT2D eigenvalue weighted by Crippen LogP contribution is -2.13. The molecule has 0 aliphatic carbocycles. The predicted octanol–water partition coefficient (Wildman–Crippen LogP) is 4.86. The number of nitrogens with one attached hydrogen (secondary N) is 1. The highest BCUT2D eigenvalue weighted by atomic mass is 16.3. The fraction of sp³-hybridized carbons (Fsp3) is 0.182. The highest BCUT2D eigenvalue weighted by Gasteiger charge is 2.14. The first-order valence-corrected chi connectivity index (χ1v) is 8.85. The normalized spacial score (nSPS) is 12.6. The maximum Gasteiger partial charge on any atom is 0.266 e. The third kappa shape index (κ3) is 3.85. The molecule has 0 aliphatic rings. The van der Waals surface area contributed by atoms with Crippen LogP contribution in [0.25, 0.3) is 17.0 Å². The zero-order chi connectivity index (χ0) is 19.4. The molecule has 2 aromatic carbocycles. The highest BCUT2D eigenvalue weighted by Crippen LogP contribution is 2.27. The number of carbonyl (C=O) groups excluding carboxylic acids is 1. The standard InChI is InChI=1S/C22H21N3O2/c1-3-15(2)25-14-17(20-6-4-5-7-21(20)25)12-16(13-23)22(27)24-18-8-10-19(26)11-9-18/h4-12,14-15,26H,3H2,1-2H3,(H,24,27)/b16-12-/t15-/m1/s1. The molecule has 1 amide bonds. The van der Waals surface area contributed by atoms with E-state index >= 15 is 0 Å². The fourth-order valence-electron chi connectivity index (χ4n) is 2.96. The zero-order valence-electron chi connectivity index (χ0n) is 15.3. The Balaban J connectivity index is 1.97. The second-order valence-electron chi connectivity index (χ2n) is 6.44. The second-order valence-corrected chi connectivity index (χ2v) is 6.44. The Kier molecular flexibility index (Phi) is 5.28. The van der Waals surface area contributed by atoms with Crippen LogP contribution in [0.5, 0.6) is 5.75 Å². The van der Waals surface area contributed by atoms with Gasteiger partial charge in [-0.05, 0) is 49.8 Å². The maximum absolute atomic E-state index is 12.5. The molecule has 3 aromatic rings. The van der Waals surface area contributed by atoms with Crippen LogP contribution >= 0.6 is 0 Å². The number of hydrogen-bond donors (Lipinski definition) is 2. The van der Waals surface area contributed by atoms with Crippen LogP contribution in [0, 0.1) is 11.3 Å². The summed E-state index contributed by atoms with van der Waals surface area (Å²) in [6.45, 7) is 4.27. The lowest BCUT2D eigenvalue weighted by atomic mass is 10.1. The number of nitriles is 1. The number of aromatic hydroxyl groups is 1. The summed E-state index contributed by atoms with van der Waals surface area (Å²) in [5.74, 6) is -0.370. The average molecular weight is 359 g/mol. The number of amides is 1. The number of carbonyl (C=O) groups is 1. The van der Waals surface area contributed by atoms with Crippen molar-refractivity contribution in [1.29, 1.82) is 5.26 Å². The van der Waals surface area contributed by atoms with Crippen molar-refractivity contribution < 1.29 is 9.90 Å². The number of hydrogen-bond acceptors (Lipinski definition) is 3. The fourth-order valence-corrected chi connectivity index (χ4v) is 2.96. The SMILES string of the molecule is CC[C@@H](C)n1cc(/C=C(/C#N)C(=O)Nc2ccc(O)cc2)c2ccccc21. The molecule has 0 fully saturated rings. The van der Waals surface area contributed by atoms with Crippen molar-refractivity contribution in [2.75, 3.05) is 5.32 Å². The summed E-state index contributed by atoms with van der Waals surface area (Å²) in [5.41, 5.74) is 2.45. The number of benzene rings is 2. The predicted molar refractivity (Wildman–Crippen MR) is 107 cm³/mol. The lowest BCUT2D eigenvalue weighted by molar-refractivity contribution is -0.112. The van der Waals surface area contributed by atoms with Crippen molar-refractivity contribution in [2.45, 2.75) is 26.3 Å². The van der Waals surface area contributed by atoms with Crippen LogP contribution in [0.15, 0.2) is 60.3 Å². The molecule has 5 nitrogen and oxygen atoms in total. The van der Waals surface area contributed by atoms with Gasteiger partial charge in [0.1, 0.15) is 17.4 Å². The number of rotatable bonds is 5. The van der Waals surface area contributed by atoms with Gasteiger partial charge in [-0.15, -0.1) is 0 Å². The molecule has 0 saturated heterocycles. The summed E-state index contributed by atoms with van der Waals surface area (Å²) in [6.07, 6.45) is 4.59. The van der Waals surface area contributed by atoms with Gasteiger partial charge in [0, 0.05) is 34.4 Å². The Morgan fingerprint density at radius 2 is 1.96 bits per heavy atom. The van der Waals surface area contributed by atoms with E-state index in [1.165, 1.54) is 12.1 Å². The van der Waals surface area contributed by atoms with Gasteiger partial charge in [0.15, 0.2) is 0 Å². The largest absolute Gasteiger partial charge is 0.508 e. The topological polar surface area (TPSA) is 78.0 Å². The maximum atomic E-state index is 12.5. The number of para-hydroxylation sites is 1. The van der Waals surface area contributed by atoms with Crippen LogP contribution in [0.2, 0.25) is 0 Å². The van der Waals surface area contributed by atoms with Crippen molar-refractivity contribution in [3.05, 3.63) is 65.9 Å². The molecule has 5 heteroatoms. The van der Waals surface area contributed by atoms with Crippen LogP contribution in [0.3, 0.4) is 0 Å². The van der Waals surface area contributed by atoms with Crippen LogP contribution < -0.4 is 5.32 Å². The molecule has 0 unspecified atom stereocenters. The van der Waals surface area contributed by atoms with Gasteiger partial charge in [0.25, 0.3) is 5.91 Å². The first-order valence-electron chi connectivity index (χ1n) is 8.85. The van der Waals surface area contributed by atoms with E-state index < -0.39 is 5.91 Å². The van der Waals surface area contributed by atoms with E-state index in [0.29, 0.717) is 11.7 Å².